The van der Waals surface area contributed by atoms with Crippen molar-refractivity contribution in [3.63, 3.8) is 0 Å². The van der Waals surface area contributed by atoms with Gasteiger partial charge in [0.05, 0.1) is 11.8 Å². The van der Waals surface area contributed by atoms with Crippen LogP contribution in [0.4, 0.5) is 0 Å². The van der Waals surface area contributed by atoms with Crippen LogP contribution in [0.1, 0.15) is 232 Å². The van der Waals surface area contributed by atoms with Crippen molar-refractivity contribution >= 4 is 11.9 Å². The van der Waals surface area contributed by atoms with E-state index in [4.69, 9.17) is 9.47 Å². The fourth-order valence-electron chi connectivity index (χ4n) is 8.86. The first-order valence-electron chi connectivity index (χ1n) is 25.1. The molecule has 0 bridgehead atoms. The lowest BCUT2D eigenvalue weighted by atomic mass is 9.80. The van der Waals surface area contributed by atoms with E-state index in [0.717, 1.165) is 103 Å². The third-order valence-corrected chi connectivity index (χ3v) is 13.5. The van der Waals surface area contributed by atoms with E-state index in [1.165, 1.54) is 25.7 Å². The normalized spacial score (nSPS) is 16.6. The summed E-state index contributed by atoms with van der Waals surface area (Å²) in [6, 6.07) is 0. The Labute approximate surface area is 373 Å². The molecule has 0 amide bonds. The van der Waals surface area contributed by atoms with Gasteiger partial charge in [0.2, 0.25) is 11.8 Å². The molecule has 0 radical (unpaired) electrons. The van der Waals surface area contributed by atoms with Crippen molar-refractivity contribution in [3.8, 4) is 0 Å². The fourth-order valence-corrected chi connectivity index (χ4v) is 8.86. The molecule has 9 N–H and O–H groups in total. The van der Waals surface area contributed by atoms with Crippen LogP contribution in [0.25, 0.3) is 0 Å². The van der Waals surface area contributed by atoms with E-state index in [0.29, 0.717) is 42.4 Å². The molecule has 14 nitrogen and oxygen atoms in total. The minimum Gasteiger partial charge on any atom is -0.408 e. The predicted molar refractivity (Wildman–Crippen MR) is 237 cm³/mol. The molecule has 62 heavy (non-hydrogen) atoms. The van der Waals surface area contributed by atoms with E-state index < -0.39 is 73.2 Å². The number of ether oxygens (including phenoxy) is 2. The minimum atomic E-state index is -2.77. The van der Waals surface area contributed by atoms with Crippen LogP contribution in [-0.2, 0) is 19.1 Å². The van der Waals surface area contributed by atoms with Gasteiger partial charge in [0.25, 0.3) is 0 Å². The molecule has 14 heteroatoms. The molecule has 2 unspecified atom stereocenters. The number of hydrogen-bond donors (Lipinski definition) is 9. The van der Waals surface area contributed by atoms with Gasteiger partial charge in [-0.2, -0.15) is 0 Å². The Bertz CT molecular complexity index is 1090. The second-order valence-corrected chi connectivity index (χ2v) is 19.1. The Hall–Kier alpha value is -1.46. The zero-order valence-electron chi connectivity index (χ0n) is 38.9. The summed E-state index contributed by atoms with van der Waals surface area (Å²) in [5, 5.41) is 96.4. The van der Waals surface area contributed by atoms with Gasteiger partial charge in [0.1, 0.15) is 0 Å². The largest absolute Gasteiger partial charge is 0.408 e. The molecule has 2 aliphatic carbocycles. The van der Waals surface area contributed by atoms with Crippen LogP contribution in [0.2, 0.25) is 0 Å². The van der Waals surface area contributed by atoms with Crippen molar-refractivity contribution < 1.29 is 65.0 Å². The van der Waals surface area contributed by atoms with Crippen molar-refractivity contribution in [2.24, 2.45) is 23.7 Å². The predicted octanol–water partition coefficient (Wildman–Crippen LogP) is 7.72. The molecule has 0 spiro atoms. The van der Waals surface area contributed by atoms with Crippen LogP contribution in [0, 0.1) is 23.7 Å². The van der Waals surface area contributed by atoms with E-state index in [9.17, 15) is 55.5 Å². The second kappa shape index (κ2) is 30.7. The van der Waals surface area contributed by atoms with Crippen LogP contribution < -0.4 is 0 Å². The summed E-state index contributed by atoms with van der Waals surface area (Å²) in [4.78, 5) is 27.0. The summed E-state index contributed by atoms with van der Waals surface area (Å²) in [6.07, 6.45) is 22.9. The fraction of sp³-hybridized carbons (Fsp3) is 0.958. The van der Waals surface area contributed by atoms with Gasteiger partial charge in [-0.3, -0.25) is 9.59 Å². The number of aliphatic hydroxyl groups excluding tert-OH is 1. The number of hydrogen-bond acceptors (Lipinski definition) is 14. The van der Waals surface area contributed by atoms with Gasteiger partial charge < -0.3 is 55.4 Å². The zero-order chi connectivity index (χ0) is 45.9. The highest BCUT2D eigenvalue weighted by Crippen LogP contribution is 2.35. The maximum Gasteiger partial charge on any atom is 0.324 e. The maximum atomic E-state index is 13.2. The van der Waals surface area contributed by atoms with Crippen LogP contribution in [0.5, 0.6) is 0 Å². The first-order chi connectivity index (χ1) is 29.4. The van der Waals surface area contributed by atoms with E-state index in [-0.39, 0.29) is 51.7 Å². The maximum absolute atomic E-state index is 13.2. The monoisotopic (exact) mass is 890 g/mol. The summed E-state index contributed by atoms with van der Waals surface area (Å²) in [5.74, 6) is -12.0. The molecule has 2 fully saturated rings. The smallest absolute Gasteiger partial charge is 0.324 e. The molecule has 0 aromatic heterocycles. The minimum absolute atomic E-state index is 0.00411. The number of rotatable bonds is 40. The molecule has 2 rings (SSSR count). The summed E-state index contributed by atoms with van der Waals surface area (Å²) in [7, 11) is 0. The van der Waals surface area contributed by atoms with Gasteiger partial charge >= 0.3 is 23.9 Å². The van der Waals surface area contributed by atoms with Crippen molar-refractivity contribution in [2.75, 3.05) is 13.2 Å². The molecule has 0 saturated heterocycles. The molecule has 0 heterocycles. The Morgan fingerprint density at radius 3 is 1.23 bits per heavy atom. The highest BCUT2D eigenvalue weighted by Gasteiger charge is 2.45. The van der Waals surface area contributed by atoms with E-state index in [1.54, 1.807) is 0 Å². The second-order valence-electron chi connectivity index (χ2n) is 19.1. The molecule has 2 atom stereocenters. The molecule has 0 aliphatic heterocycles. The lowest BCUT2D eigenvalue weighted by Gasteiger charge is -2.43. The summed E-state index contributed by atoms with van der Waals surface area (Å²) in [6.45, 7) is 3.89. The molecule has 0 aromatic rings. The van der Waals surface area contributed by atoms with Crippen LogP contribution in [0.3, 0.4) is 0 Å². The molecular formula is C48H91NO13. The Morgan fingerprint density at radius 1 is 0.500 bits per heavy atom. The van der Waals surface area contributed by atoms with E-state index >= 15 is 0 Å². The third kappa shape index (κ3) is 24.2. The lowest BCUT2D eigenvalue weighted by molar-refractivity contribution is -0.389. The van der Waals surface area contributed by atoms with Gasteiger partial charge in [-0.05, 0) is 88.9 Å². The summed E-state index contributed by atoms with van der Waals surface area (Å²) < 4.78 is 10.4. The van der Waals surface area contributed by atoms with Crippen LogP contribution >= 0.6 is 0 Å². The molecule has 366 valence electrons. The van der Waals surface area contributed by atoms with Gasteiger partial charge in [-0.25, -0.2) is 4.90 Å². The molecule has 2 saturated carbocycles. The Morgan fingerprint density at radius 2 is 0.871 bits per heavy atom. The number of esters is 2. The van der Waals surface area contributed by atoms with E-state index in [1.807, 2.05) is 0 Å². The van der Waals surface area contributed by atoms with Crippen molar-refractivity contribution in [1.29, 1.82) is 0 Å². The Kier molecular flexibility index (Phi) is 28.0. The molecule has 2 aliphatic rings. The topological polar surface area (TPSA) is 238 Å². The lowest BCUT2D eigenvalue weighted by Crippen LogP contribution is -2.61. The molecule has 0 aromatic carbocycles. The highest BCUT2D eigenvalue weighted by atomic mass is 16.8. The average Bonchev–Trinajstić information content (AvgIpc) is 3.16. The van der Waals surface area contributed by atoms with Gasteiger partial charge in [0.15, 0.2) is 0 Å². The first-order valence-corrected chi connectivity index (χ1v) is 25.1. The van der Waals surface area contributed by atoms with Crippen LogP contribution in [-0.4, -0.2) is 99.7 Å². The van der Waals surface area contributed by atoms with Crippen LogP contribution in [0.15, 0.2) is 0 Å². The standard InChI is InChI=1S/C48H91NO13/c1-3-5-7-9-11-13-27-41(31-29-39-23-21-24-39)43(51)61-47(57,58)35-17-15-33-45(53,54)49(37-19-20-38-50)46(55,56)34-16-18-36-48(59,60)62-44(52)42(32-30-40-25-22-26-40)28-14-12-10-8-6-4-2/h39-42,50,53-60H,3-38H2,1-2H3. The first kappa shape index (κ1) is 56.7. The quantitative estimate of drug-likeness (QED) is 0.0163. The van der Waals surface area contributed by atoms with Crippen molar-refractivity contribution in [1.82, 2.24) is 4.90 Å². The van der Waals surface area contributed by atoms with Gasteiger partial charge in [-0.1, -0.05) is 129 Å². The average molecular weight is 890 g/mol. The van der Waals surface area contributed by atoms with Gasteiger partial charge in [-0.15, -0.1) is 0 Å². The zero-order valence-corrected chi connectivity index (χ0v) is 38.9. The Balaban J connectivity index is 1.89. The highest BCUT2D eigenvalue weighted by molar-refractivity contribution is 5.73. The number of carbonyl (C=O) groups is 2. The van der Waals surface area contributed by atoms with Gasteiger partial charge in [0, 0.05) is 38.8 Å². The SMILES string of the molecule is CCCCCCCCC(CCC1CCC1)C(=O)OC(O)(O)CCCCC(O)(O)N(CCCCO)C(O)(O)CCCCC(O)(O)OC(=O)C(CCCCCCCC)CCC1CCC1. The number of carbonyl (C=O) groups excluding carboxylic acids is 2. The number of unbranched alkanes of at least 4 members (excludes halogenated alkanes) is 13. The number of aliphatic hydroxyl groups is 9. The van der Waals surface area contributed by atoms with Crippen molar-refractivity contribution in [2.45, 2.75) is 256 Å². The third-order valence-electron chi connectivity index (χ3n) is 13.5. The summed E-state index contributed by atoms with van der Waals surface area (Å²) >= 11 is 0. The van der Waals surface area contributed by atoms with Crippen molar-refractivity contribution in [3.05, 3.63) is 0 Å². The molecular weight excluding hydrogens is 799 g/mol. The summed E-state index contributed by atoms with van der Waals surface area (Å²) in [5.41, 5.74) is 0. The van der Waals surface area contributed by atoms with E-state index in [2.05, 4.69) is 13.8 Å². The number of nitrogens with zero attached hydrogens (tertiary/aromatic N) is 1.